The molecule has 4 heteroatoms. The molecule has 2 rings (SSSR count). The third-order valence-corrected chi connectivity index (χ3v) is 2.81. The van der Waals surface area contributed by atoms with Crippen molar-refractivity contribution in [1.82, 2.24) is 10.2 Å². The summed E-state index contributed by atoms with van der Waals surface area (Å²) >= 11 is 0. The minimum absolute atomic E-state index is 0.0512. The van der Waals surface area contributed by atoms with Crippen LogP contribution in [0.5, 0.6) is 0 Å². The third kappa shape index (κ3) is 1.90. The van der Waals surface area contributed by atoms with Crippen LogP contribution in [0.15, 0.2) is 23.0 Å². The molecule has 0 aliphatic carbocycles. The summed E-state index contributed by atoms with van der Waals surface area (Å²) in [6.45, 7) is 6.56. The van der Waals surface area contributed by atoms with Gasteiger partial charge in [-0.1, -0.05) is 0 Å². The summed E-state index contributed by atoms with van der Waals surface area (Å²) < 4.78 is 4.93. The fraction of sp³-hybridized carbons (Fsp3) is 0.545. The van der Waals surface area contributed by atoms with Crippen LogP contribution < -0.4 is 5.32 Å². The summed E-state index contributed by atoms with van der Waals surface area (Å²) in [5.41, 5.74) is 0.497. The van der Waals surface area contributed by atoms with Crippen molar-refractivity contribution in [3.05, 3.63) is 24.2 Å². The Morgan fingerprint density at radius 2 is 2.40 bits per heavy atom. The molecule has 15 heavy (non-hydrogen) atoms. The number of piperazine rings is 1. The van der Waals surface area contributed by atoms with Crippen LogP contribution >= 0.6 is 0 Å². The Morgan fingerprint density at radius 1 is 1.60 bits per heavy atom. The molecule has 1 amide bonds. The van der Waals surface area contributed by atoms with Crippen molar-refractivity contribution in [3.8, 4) is 0 Å². The van der Waals surface area contributed by atoms with Crippen LogP contribution in [0, 0.1) is 0 Å². The molecule has 0 bridgehead atoms. The number of nitrogens with one attached hydrogen (secondary N) is 1. The summed E-state index contributed by atoms with van der Waals surface area (Å²) in [5.74, 6) is 0.0512. The molecule has 0 spiro atoms. The lowest BCUT2D eigenvalue weighted by molar-refractivity contribution is 0.0477. The van der Waals surface area contributed by atoms with E-state index in [1.807, 2.05) is 4.90 Å². The highest BCUT2D eigenvalue weighted by Gasteiger charge is 2.33. The summed E-state index contributed by atoms with van der Waals surface area (Å²) in [5, 5.41) is 3.29. The highest BCUT2D eigenvalue weighted by Crippen LogP contribution is 2.19. The number of rotatable bonds is 1. The number of nitrogens with zero attached hydrogens (tertiary/aromatic N) is 1. The molecular formula is C11H16N2O2. The molecule has 0 saturated carbocycles. The number of hydrogen-bond donors (Lipinski definition) is 1. The van der Waals surface area contributed by atoms with E-state index in [2.05, 4.69) is 19.2 Å². The lowest BCUT2D eigenvalue weighted by atomic mass is 9.99. The van der Waals surface area contributed by atoms with Gasteiger partial charge in [-0.25, -0.2) is 0 Å². The van der Waals surface area contributed by atoms with Crippen LogP contribution in [0.25, 0.3) is 0 Å². The minimum atomic E-state index is -0.132. The SMILES string of the molecule is CC1(C)CNCCN1C(=O)c1ccoc1. The van der Waals surface area contributed by atoms with Gasteiger partial charge in [0, 0.05) is 19.6 Å². The van der Waals surface area contributed by atoms with E-state index in [0.717, 1.165) is 19.6 Å². The molecule has 0 aromatic carbocycles. The Hall–Kier alpha value is -1.29. The van der Waals surface area contributed by atoms with Crippen molar-refractivity contribution in [2.24, 2.45) is 0 Å². The molecule has 2 heterocycles. The Bertz CT molecular complexity index is 343. The van der Waals surface area contributed by atoms with Crippen LogP contribution in [-0.2, 0) is 0 Å². The number of furan rings is 1. The summed E-state index contributed by atoms with van der Waals surface area (Å²) in [6.07, 6.45) is 3.03. The quantitative estimate of drug-likeness (QED) is 0.751. The number of hydrogen-bond acceptors (Lipinski definition) is 3. The molecule has 0 radical (unpaired) electrons. The predicted octanol–water partition coefficient (Wildman–Crippen LogP) is 1.10. The summed E-state index contributed by atoms with van der Waals surface area (Å²) in [6, 6.07) is 1.71. The molecule has 1 fully saturated rings. The second kappa shape index (κ2) is 3.70. The molecule has 1 aliphatic heterocycles. The normalized spacial score (nSPS) is 20.3. The second-order valence-corrected chi connectivity index (χ2v) is 4.46. The number of carbonyl (C=O) groups is 1. The van der Waals surface area contributed by atoms with Gasteiger partial charge in [0.2, 0.25) is 0 Å². The molecule has 1 aliphatic rings. The van der Waals surface area contributed by atoms with Crippen LogP contribution in [0.4, 0.5) is 0 Å². The van der Waals surface area contributed by atoms with E-state index in [1.165, 1.54) is 12.5 Å². The predicted molar refractivity (Wildman–Crippen MR) is 56.7 cm³/mol. The Morgan fingerprint density at radius 3 is 3.00 bits per heavy atom. The highest BCUT2D eigenvalue weighted by molar-refractivity contribution is 5.94. The standard InChI is InChI=1S/C11H16N2O2/c1-11(2)8-12-4-5-13(11)10(14)9-3-6-15-7-9/h3,6-7,12H,4-5,8H2,1-2H3. The zero-order chi connectivity index (χ0) is 10.9. The summed E-state index contributed by atoms with van der Waals surface area (Å²) in [4.78, 5) is 14.0. The zero-order valence-electron chi connectivity index (χ0n) is 9.12. The van der Waals surface area contributed by atoms with Gasteiger partial charge in [0.25, 0.3) is 5.91 Å². The van der Waals surface area contributed by atoms with E-state index < -0.39 is 0 Å². The van der Waals surface area contributed by atoms with Crippen molar-refractivity contribution in [2.45, 2.75) is 19.4 Å². The van der Waals surface area contributed by atoms with Gasteiger partial charge in [0.05, 0.1) is 17.4 Å². The summed E-state index contributed by atoms with van der Waals surface area (Å²) in [7, 11) is 0. The lowest BCUT2D eigenvalue weighted by Gasteiger charge is -2.42. The molecule has 1 N–H and O–H groups in total. The average molecular weight is 208 g/mol. The highest BCUT2D eigenvalue weighted by atomic mass is 16.3. The van der Waals surface area contributed by atoms with Crippen LogP contribution in [0.2, 0.25) is 0 Å². The Kier molecular flexibility index (Phi) is 2.52. The Labute approximate surface area is 89.2 Å². The minimum Gasteiger partial charge on any atom is -0.472 e. The monoisotopic (exact) mass is 208 g/mol. The molecule has 1 aromatic heterocycles. The largest absolute Gasteiger partial charge is 0.472 e. The molecular weight excluding hydrogens is 192 g/mol. The van der Waals surface area contributed by atoms with Gasteiger partial charge in [-0.05, 0) is 19.9 Å². The first kappa shape index (κ1) is 10.2. The van der Waals surface area contributed by atoms with Gasteiger partial charge in [-0.2, -0.15) is 0 Å². The molecule has 0 unspecified atom stereocenters. The topological polar surface area (TPSA) is 45.5 Å². The smallest absolute Gasteiger partial charge is 0.257 e. The third-order valence-electron chi connectivity index (χ3n) is 2.81. The fourth-order valence-corrected chi connectivity index (χ4v) is 1.90. The maximum absolute atomic E-state index is 12.1. The van der Waals surface area contributed by atoms with Crippen LogP contribution in [0.1, 0.15) is 24.2 Å². The van der Waals surface area contributed by atoms with Crippen LogP contribution in [-0.4, -0.2) is 36.0 Å². The van der Waals surface area contributed by atoms with Gasteiger partial charge < -0.3 is 14.6 Å². The molecule has 82 valence electrons. The van der Waals surface area contributed by atoms with E-state index in [4.69, 9.17) is 4.42 Å². The first-order chi connectivity index (χ1) is 7.11. The lowest BCUT2D eigenvalue weighted by Crippen LogP contribution is -2.59. The van der Waals surface area contributed by atoms with E-state index >= 15 is 0 Å². The van der Waals surface area contributed by atoms with Crippen molar-refractivity contribution < 1.29 is 9.21 Å². The van der Waals surface area contributed by atoms with Gasteiger partial charge in [-0.15, -0.1) is 0 Å². The van der Waals surface area contributed by atoms with E-state index in [0.29, 0.717) is 5.56 Å². The van der Waals surface area contributed by atoms with Gasteiger partial charge in [0.1, 0.15) is 6.26 Å². The van der Waals surface area contributed by atoms with Crippen molar-refractivity contribution in [2.75, 3.05) is 19.6 Å². The molecule has 4 nitrogen and oxygen atoms in total. The average Bonchev–Trinajstić information content (AvgIpc) is 2.69. The molecule has 0 atom stereocenters. The number of carbonyl (C=O) groups excluding carboxylic acids is 1. The van der Waals surface area contributed by atoms with Crippen molar-refractivity contribution in [1.29, 1.82) is 0 Å². The first-order valence-electron chi connectivity index (χ1n) is 5.16. The second-order valence-electron chi connectivity index (χ2n) is 4.46. The van der Waals surface area contributed by atoms with E-state index in [1.54, 1.807) is 6.07 Å². The fourth-order valence-electron chi connectivity index (χ4n) is 1.90. The first-order valence-corrected chi connectivity index (χ1v) is 5.16. The molecule has 1 aromatic rings. The van der Waals surface area contributed by atoms with Gasteiger partial charge in [-0.3, -0.25) is 4.79 Å². The van der Waals surface area contributed by atoms with Gasteiger partial charge in [0.15, 0.2) is 0 Å². The van der Waals surface area contributed by atoms with Crippen molar-refractivity contribution >= 4 is 5.91 Å². The van der Waals surface area contributed by atoms with Gasteiger partial charge >= 0.3 is 0 Å². The number of amides is 1. The maximum Gasteiger partial charge on any atom is 0.257 e. The molecule has 1 saturated heterocycles. The van der Waals surface area contributed by atoms with E-state index in [-0.39, 0.29) is 11.4 Å². The maximum atomic E-state index is 12.1. The van der Waals surface area contributed by atoms with E-state index in [9.17, 15) is 4.79 Å². The van der Waals surface area contributed by atoms with Crippen LogP contribution in [0.3, 0.4) is 0 Å². The van der Waals surface area contributed by atoms with Crippen molar-refractivity contribution in [3.63, 3.8) is 0 Å². The zero-order valence-corrected chi connectivity index (χ0v) is 9.12. The Balaban J connectivity index is 2.19.